The molecule has 2 amide bonds. The maximum atomic E-state index is 13.8. The fourth-order valence-electron chi connectivity index (χ4n) is 5.37. The predicted octanol–water partition coefficient (Wildman–Crippen LogP) is 4.51. The first-order valence-corrected chi connectivity index (χ1v) is 12.5. The van der Waals surface area contributed by atoms with Crippen LogP contribution in [0.5, 0.6) is 5.75 Å². The topological polar surface area (TPSA) is 65.6 Å². The van der Waals surface area contributed by atoms with E-state index < -0.39 is 12.1 Å². The van der Waals surface area contributed by atoms with Crippen molar-refractivity contribution >= 4 is 34.1 Å². The summed E-state index contributed by atoms with van der Waals surface area (Å²) in [5.41, 5.74) is 3.99. The molecule has 4 aromatic rings. The highest BCUT2D eigenvalue weighted by Gasteiger charge is 2.48. The van der Waals surface area contributed by atoms with Crippen molar-refractivity contribution < 1.29 is 14.3 Å². The van der Waals surface area contributed by atoms with Crippen molar-refractivity contribution in [1.82, 2.24) is 14.8 Å². The van der Waals surface area contributed by atoms with Gasteiger partial charge in [-0.25, -0.2) is 0 Å². The average Bonchev–Trinajstić information content (AvgIpc) is 3.49. The van der Waals surface area contributed by atoms with Gasteiger partial charge in [-0.1, -0.05) is 42.5 Å². The lowest BCUT2D eigenvalue weighted by Gasteiger charge is -2.47. The Morgan fingerprint density at radius 1 is 1.06 bits per heavy atom. The standard InChI is InChI=1S/C27H25N3O3S/c1-2-33-23-12-6-4-10-19(23)26-25-20(18-9-3-5-11-21(18)28-25)14-22-27(32)29(16-24(31)30(22)26)15-17-8-7-13-34-17/h3-13,22,26,28H,2,14-16H2,1H3. The Hall–Kier alpha value is -3.58. The summed E-state index contributed by atoms with van der Waals surface area (Å²) in [5.74, 6) is 0.700. The second-order valence-corrected chi connectivity index (χ2v) is 9.76. The molecule has 0 radical (unpaired) electrons. The van der Waals surface area contributed by atoms with Gasteiger partial charge in [0.1, 0.15) is 24.4 Å². The van der Waals surface area contributed by atoms with Gasteiger partial charge in [-0.2, -0.15) is 0 Å². The van der Waals surface area contributed by atoms with Gasteiger partial charge in [-0.15, -0.1) is 11.3 Å². The number of hydrogen-bond donors (Lipinski definition) is 1. The van der Waals surface area contributed by atoms with E-state index in [4.69, 9.17) is 4.74 Å². The molecule has 7 heteroatoms. The lowest BCUT2D eigenvalue weighted by Crippen LogP contribution is -2.62. The number of aromatic amines is 1. The van der Waals surface area contributed by atoms with Crippen LogP contribution >= 0.6 is 11.3 Å². The molecule has 172 valence electrons. The molecule has 1 fully saturated rings. The quantitative estimate of drug-likeness (QED) is 0.466. The minimum atomic E-state index is -0.549. The zero-order valence-corrected chi connectivity index (χ0v) is 19.7. The number of fused-ring (bicyclic) bond motifs is 4. The number of ether oxygens (including phenoxy) is 1. The number of aromatic nitrogens is 1. The van der Waals surface area contributed by atoms with E-state index in [-0.39, 0.29) is 18.4 Å². The SMILES string of the molecule is CCOc1ccccc1C1c2[nH]c3ccccc3c2CC2C(=O)N(Cc3cccs3)CC(=O)N21. The Kier molecular flexibility index (Phi) is 5.14. The summed E-state index contributed by atoms with van der Waals surface area (Å²) in [4.78, 5) is 35.6. The van der Waals surface area contributed by atoms with E-state index in [2.05, 4.69) is 11.1 Å². The molecule has 0 spiro atoms. The van der Waals surface area contributed by atoms with Crippen LogP contribution in [0.25, 0.3) is 10.9 Å². The minimum absolute atomic E-state index is 0.00261. The summed E-state index contributed by atoms with van der Waals surface area (Å²) in [5, 5.41) is 3.10. The van der Waals surface area contributed by atoms with Crippen LogP contribution in [0.4, 0.5) is 0 Å². The molecule has 2 aliphatic heterocycles. The van der Waals surface area contributed by atoms with E-state index in [0.717, 1.165) is 38.4 Å². The van der Waals surface area contributed by atoms with Crippen LogP contribution in [0, 0.1) is 0 Å². The predicted molar refractivity (Wildman–Crippen MR) is 132 cm³/mol. The highest BCUT2D eigenvalue weighted by Crippen LogP contribution is 2.45. The van der Waals surface area contributed by atoms with Crippen molar-refractivity contribution in [1.29, 1.82) is 0 Å². The number of carbonyl (C=O) groups excluding carboxylic acids is 2. The molecule has 6 rings (SSSR count). The first-order valence-electron chi connectivity index (χ1n) is 11.6. The minimum Gasteiger partial charge on any atom is -0.494 e. The van der Waals surface area contributed by atoms with Crippen LogP contribution in [-0.4, -0.2) is 45.8 Å². The van der Waals surface area contributed by atoms with Crippen LogP contribution < -0.4 is 4.74 Å². The van der Waals surface area contributed by atoms with Gasteiger partial charge < -0.3 is 19.5 Å². The molecule has 0 saturated carbocycles. The number of thiophene rings is 1. The van der Waals surface area contributed by atoms with E-state index in [0.29, 0.717) is 19.6 Å². The fraction of sp³-hybridized carbons (Fsp3) is 0.259. The third kappa shape index (κ3) is 3.30. The second kappa shape index (κ2) is 8.33. The molecule has 0 aliphatic carbocycles. The number of piperazine rings is 1. The molecular weight excluding hydrogens is 446 g/mol. The van der Waals surface area contributed by atoms with Gasteiger partial charge in [0.25, 0.3) is 0 Å². The van der Waals surface area contributed by atoms with Crippen molar-refractivity contribution in [2.45, 2.75) is 32.0 Å². The molecule has 2 aromatic heterocycles. The van der Waals surface area contributed by atoms with Crippen molar-refractivity contribution in [2.75, 3.05) is 13.2 Å². The van der Waals surface area contributed by atoms with E-state index in [1.54, 1.807) is 21.1 Å². The largest absolute Gasteiger partial charge is 0.494 e. The highest BCUT2D eigenvalue weighted by molar-refractivity contribution is 7.09. The average molecular weight is 472 g/mol. The normalized spacial score (nSPS) is 19.9. The third-order valence-corrected chi connectivity index (χ3v) is 7.64. The summed E-state index contributed by atoms with van der Waals surface area (Å²) < 4.78 is 5.97. The number of rotatable bonds is 5. The van der Waals surface area contributed by atoms with Gasteiger partial charge in [0.2, 0.25) is 11.8 Å². The van der Waals surface area contributed by atoms with Crippen LogP contribution in [0.3, 0.4) is 0 Å². The van der Waals surface area contributed by atoms with Gasteiger partial charge in [-0.3, -0.25) is 9.59 Å². The monoisotopic (exact) mass is 471 g/mol. The molecule has 1 N–H and O–H groups in total. The first-order chi connectivity index (χ1) is 16.7. The number of amides is 2. The number of hydrogen-bond acceptors (Lipinski definition) is 4. The van der Waals surface area contributed by atoms with E-state index in [1.165, 1.54) is 0 Å². The van der Waals surface area contributed by atoms with Gasteiger partial charge in [0.05, 0.1) is 13.2 Å². The number of para-hydroxylation sites is 2. The van der Waals surface area contributed by atoms with Crippen molar-refractivity contribution in [3.8, 4) is 5.75 Å². The van der Waals surface area contributed by atoms with E-state index in [1.807, 2.05) is 66.9 Å². The van der Waals surface area contributed by atoms with E-state index in [9.17, 15) is 9.59 Å². The molecule has 0 bridgehead atoms. The maximum Gasteiger partial charge on any atom is 0.246 e. The second-order valence-electron chi connectivity index (χ2n) is 8.73. The number of benzene rings is 2. The molecule has 2 unspecified atom stereocenters. The fourth-order valence-corrected chi connectivity index (χ4v) is 6.09. The summed E-state index contributed by atoms with van der Waals surface area (Å²) in [6.45, 7) is 3.02. The van der Waals surface area contributed by atoms with Crippen molar-refractivity contribution in [2.24, 2.45) is 0 Å². The zero-order valence-electron chi connectivity index (χ0n) is 18.9. The Labute approximate surface area is 201 Å². The van der Waals surface area contributed by atoms with Gasteiger partial charge >= 0.3 is 0 Å². The first kappa shape index (κ1) is 21.0. The van der Waals surface area contributed by atoms with Crippen LogP contribution in [0.2, 0.25) is 0 Å². The summed E-state index contributed by atoms with van der Waals surface area (Å²) in [6.07, 6.45) is 0.498. The number of H-pyrrole nitrogens is 1. The molecular formula is C27H25N3O3S. The Bertz CT molecular complexity index is 1380. The molecule has 2 atom stereocenters. The molecule has 2 aliphatic rings. The van der Waals surface area contributed by atoms with E-state index >= 15 is 0 Å². The summed E-state index contributed by atoms with van der Waals surface area (Å²) >= 11 is 1.61. The molecule has 4 heterocycles. The molecule has 34 heavy (non-hydrogen) atoms. The van der Waals surface area contributed by atoms with Crippen LogP contribution in [-0.2, 0) is 22.6 Å². The number of nitrogens with zero attached hydrogens (tertiary/aromatic N) is 2. The molecule has 2 aromatic carbocycles. The van der Waals surface area contributed by atoms with Crippen molar-refractivity contribution in [3.05, 3.63) is 87.7 Å². The smallest absolute Gasteiger partial charge is 0.246 e. The molecule has 1 saturated heterocycles. The molecule has 6 nitrogen and oxygen atoms in total. The summed E-state index contributed by atoms with van der Waals surface area (Å²) in [7, 11) is 0. The van der Waals surface area contributed by atoms with Gasteiger partial charge in [0.15, 0.2) is 0 Å². The van der Waals surface area contributed by atoms with Crippen molar-refractivity contribution in [3.63, 3.8) is 0 Å². The van der Waals surface area contributed by atoms with Gasteiger partial charge in [0, 0.05) is 33.5 Å². The van der Waals surface area contributed by atoms with Crippen LogP contribution in [0.1, 0.15) is 34.7 Å². The third-order valence-electron chi connectivity index (χ3n) is 6.78. The number of carbonyl (C=O) groups is 2. The Balaban J connectivity index is 1.50. The lowest BCUT2D eigenvalue weighted by molar-refractivity contribution is -0.159. The Morgan fingerprint density at radius 2 is 1.88 bits per heavy atom. The van der Waals surface area contributed by atoms with Crippen LogP contribution in [0.15, 0.2) is 66.0 Å². The zero-order chi connectivity index (χ0) is 23.2. The number of nitrogens with one attached hydrogen (secondary N) is 1. The highest BCUT2D eigenvalue weighted by atomic mass is 32.1. The van der Waals surface area contributed by atoms with Gasteiger partial charge in [-0.05, 0) is 36.1 Å². The Morgan fingerprint density at radius 3 is 2.71 bits per heavy atom. The lowest BCUT2D eigenvalue weighted by atomic mass is 9.86. The summed E-state index contributed by atoms with van der Waals surface area (Å²) in [6, 6.07) is 19.0. The maximum absolute atomic E-state index is 13.8.